The largest absolute Gasteiger partial charge is 0.386 e. The summed E-state index contributed by atoms with van der Waals surface area (Å²) >= 11 is 3.05. The van der Waals surface area contributed by atoms with E-state index in [2.05, 4.69) is 24.8 Å². The molecule has 0 atom stereocenters. The molecule has 0 aliphatic heterocycles. The molecule has 7 heteroatoms. The van der Waals surface area contributed by atoms with E-state index in [9.17, 15) is 19.2 Å². The number of aryl methyl sites for hydroxylation is 1. The van der Waals surface area contributed by atoms with Crippen molar-refractivity contribution in [1.29, 1.82) is 0 Å². The monoisotopic (exact) mass is 310 g/mol. The van der Waals surface area contributed by atoms with Gasteiger partial charge in [0.15, 0.2) is 0 Å². The summed E-state index contributed by atoms with van der Waals surface area (Å²) in [7, 11) is 0. The van der Waals surface area contributed by atoms with Crippen LogP contribution in [0, 0.1) is 6.92 Å². The van der Waals surface area contributed by atoms with Crippen molar-refractivity contribution < 1.29 is 8.83 Å². The Balaban J connectivity index is 2.94. The van der Waals surface area contributed by atoms with Crippen molar-refractivity contribution in [2.45, 2.75) is 6.92 Å². The van der Waals surface area contributed by atoms with Crippen molar-refractivity contribution in [3.05, 3.63) is 51.7 Å². The summed E-state index contributed by atoms with van der Waals surface area (Å²) in [5, 5.41) is -0.0830. The Morgan fingerprint density at radius 2 is 1.06 bits per heavy atom. The van der Waals surface area contributed by atoms with Gasteiger partial charge in [-0.1, -0.05) is 0 Å². The number of halogens is 1. The lowest BCUT2D eigenvalue weighted by molar-refractivity contribution is 0.498. The zero-order valence-corrected chi connectivity index (χ0v) is 10.4. The lowest BCUT2D eigenvalue weighted by Crippen LogP contribution is -1.99. The maximum atomic E-state index is 11.5. The topological polar surface area (TPSA) is 94.6 Å². The number of fused-ring (bicyclic) bond motifs is 2. The van der Waals surface area contributed by atoms with Crippen LogP contribution < -0.4 is 22.5 Å². The quantitative estimate of drug-likeness (QED) is 0.602. The normalized spacial score (nSPS) is 11.7. The summed E-state index contributed by atoms with van der Waals surface area (Å²) in [6, 6.07) is 0. The van der Waals surface area contributed by atoms with Gasteiger partial charge in [-0.25, -0.2) is 19.2 Å². The van der Waals surface area contributed by atoms with Crippen molar-refractivity contribution >= 4 is 37.5 Å². The van der Waals surface area contributed by atoms with Crippen LogP contribution in [0.4, 0.5) is 0 Å². The van der Waals surface area contributed by atoms with E-state index in [0.717, 1.165) is 0 Å². The van der Waals surface area contributed by atoms with Crippen molar-refractivity contribution in [2.75, 3.05) is 0 Å². The van der Waals surface area contributed by atoms with Crippen LogP contribution in [0.15, 0.2) is 32.5 Å². The fourth-order valence-corrected chi connectivity index (χ4v) is 2.83. The highest BCUT2D eigenvalue weighted by Crippen LogP contribution is 2.29. The molecule has 0 bridgehead atoms. The molecule has 2 heterocycles. The van der Waals surface area contributed by atoms with Crippen LogP contribution in [0.25, 0.3) is 21.5 Å². The Bertz CT molecular complexity index is 854. The van der Waals surface area contributed by atoms with Gasteiger partial charge in [0.1, 0.15) is 0 Å². The average Bonchev–Trinajstić information content (AvgIpc) is 2.73. The lowest BCUT2D eigenvalue weighted by atomic mass is 10.0. The molecule has 0 spiro atoms. The molecule has 2 aromatic heterocycles. The molecule has 0 aliphatic rings. The van der Waals surface area contributed by atoms with Crippen molar-refractivity contribution in [3.63, 3.8) is 0 Å². The molecular weight excluding hydrogens is 308 g/mol. The zero-order chi connectivity index (χ0) is 13.2. The fourth-order valence-electron chi connectivity index (χ4n) is 2.11. The first-order chi connectivity index (χ1) is 8.43. The van der Waals surface area contributed by atoms with Gasteiger partial charge in [0.05, 0.1) is 21.5 Å². The molecule has 3 aromatic rings. The van der Waals surface area contributed by atoms with Crippen molar-refractivity contribution in [2.24, 2.45) is 0 Å². The van der Waals surface area contributed by atoms with E-state index in [4.69, 9.17) is 0 Å². The van der Waals surface area contributed by atoms with Crippen LogP contribution in [0.1, 0.15) is 5.56 Å². The van der Waals surface area contributed by atoms with Gasteiger partial charge in [0, 0.05) is 4.47 Å². The Hall–Kier alpha value is -2.02. The average molecular weight is 311 g/mol. The molecule has 0 fully saturated rings. The summed E-state index contributed by atoms with van der Waals surface area (Å²) < 4.78 is 9.00. The van der Waals surface area contributed by atoms with E-state index in [1.807, 2.05) is 0 Å². The van der Waals surface area contributed by atoms with Crippen LogP contribution in [0.3, 0.4) is 0 Å². The molecule has 0 aliphatic carbocycles. The summed E-state index contributed by atoms with van der Waals surface area (Å²) in [5.41, 5.74) is -3.14. The smallest absolute Gasteiger partial charge is 0.348 e. The molecule has 0 N–H and O–H groups in total. The van der Waals surface area contributed by atoms with Gasteiger partial charge in [0.25, 0.3) is 0 Å². The molecule has 18 heavy (non-hydrogen) atoms. The molecule has 1 aromatic carbocycles. The van der Waals surface area contributed by atoms with Gasteiger partial charge in [-0.05, 0) is 28.4 Å². The number of hydrogen-bond donors (Lipinski definition) is 0. The SMILES string of the molecule is Cc1c2c(=O)oc(=O)c2c(Br)c2c(=O)oc(=O)c12. The summed E-state index contributed by atoms with van der Waals surface area (Å²) in [6.45, 7) is 1.46. The van der Waals surface area contributed by atoms with Crippen LogP contribution >= 0.6 is 15.9 Å². The predicted molar refractivity (Wildman–Crippen MR) is 65.9 cm³/mol. The fraction of sp³-hybridized carbons (Fsp3) is 0.0909. The Morgan fingerprint density at radius 3 is 1.44 bits per heavy atom. The Morgan fingerprint density at radius 1 is 0.722 bits per heavy atom. The third-order valence-electron chi connectivity index (χ3n) is 2.88. The Labute approximate surface area is 105 Å². The highest BCUT2D eigenvalue weighted by molar-refractivity contribution is 9.10. The van der Waals surface area contributed by atoms with Gasteiger partial charge < -0.3 is 8.83 Å². The second-order valence-corrected chi connectivity index (χ2v) is 4.59. The van der Waals surface area contributed by atoms with Crippen LogP contribution in [0.5, 0.6) is 0 Å². The number of benzene rings is 1. The molecule has 0 amide bonds. The summed E-state index contributed by atoms with van der Waals surface area (Å²) in [4.78, 5) is 46.1. The standard InChI is InChI=1S/C11H3BrO6/c1-2-3-5(10(15)17-8(3)13)7(12)6-4(2)9(14)18-11(6)16/h1H3. The maximum absolute atomic E-state index is 11.5. The molecule has 0 radical (unpaired) electrons. The molecule has 0 saturated carbocycles. The van der Waals surface area contributed by atoms with E-state index < -0.39 is 22.5 Å². The van der Waals surface area contributed by atoms with Crippen LogP contribution in [0.2, 0.25) is 0 Å². The second-order valence-electron chi connectivity index (χ2n) is 3.79. The third kappa shape index (κ3) is 1.11. The minimum absolute atomic E-state index is 0.00252. The molecular formula is C11H3BrO6. The van der Waals surface area contributed by atoms with Crippen molar-refractivity contribution in [3.8, 4) is 0 Å². The van der Waals surface area contributed by atoms with E-state index in [0.29, 0.717) is 0 Å². The molecule has 6 nitrogen and oxygen atoms in total. The van der Waals surface area contributed by atoms with Gasteiger partial charge in [0.2, 0.25) is 0 Å². The first kappa shape index (κ1) is 11.1. The minimum atomic E-state index is -0.847. The first-order valence-corrected chi connectivity index (χ1v) is 5.61. The van der Waals surface area contributed by atoms with Crippen LogP contribution in [-0.2, 0) is 0 Å². The van der Waals surface area contributed by atoms with Gasteiger partial charge in [-0.3, -0.25) is 0 Å². The third-order valence-corrected chi connectivity index (χ3v) is 3.67. The summed E-state index contributed by atoms with van der Waals surface area (Å²) in [6.07, 6.45) is 0. The predicted octanol–water partition coefficient (Wildman–Crippen LogP) is 0.566. The maximum Gasteiger partial charge on any atom is 0.348 e. The molecule has 90 valence electrons. The lowest BCUT2D eigenvalue weighted by Gasteiger charge is -1.97. The molecule has 0 saturated heterocycles. The highest BCUT2D eigenvalue weighted by Gasteiger charge is 2.24. The molecule has 3 rings (SSSR count). The number of furan rings is 2. The van der Waals surface area contributed by atoms with Gasteiger partial charge in [-0.15, -0.1) is 0 Å². The number of hydrogen-bond acceptors (Lipinski definition) is 6. The van der Waals surface area contributed by atoms with E-state index in [1.54, 1.807) is 0 Å². The van der Waals surface area contributed by atoms with E-state index >= 15 is 0 Å². The number of rotatable bonds is 0. The highest BCUT2D eigenvalue weighted by atomic mass is 79.9. The summed E-state index contributed by atoms with van der Waals surface area (Å²) in [5.74, 6) is 0. The van der Waals surface area contributed by atoms with E-state index in [1.165, 1.54) is 6.92 Å². The minimum Gasteiger partial charge on any atom is -0.386 e. The zero-order valence-electron chi connectivity index (χ0n) is 8.83. The Kier molecular flexibility index (Phi) is 2.01. The molecule has 0 unspecified atom stereocenters. The van der Waals surface area contributed by atoms with E-state index in [-0.39, 0.29) is 31.6 Å². The van der Waals surface area contributed by atoms with Crippen molar-refractivity contribution in [1.82, 2.24) is 0 Å². The van der Waals surface area contributed by atoms with Gasteiger partial charge >= 0.3 is 22.5 Å². The first-order valence-electron chi connectivity index (χ1n) is 4.82. The van der Waals surface area contributed by atoms with Crippen LogP contribution in [-0.4, -0.2) is 0 Å². The van der Waals surface area contributed by atoms with Gasteiger partial charge in [-0.2, -0.15) is 0 Å². The second kappa shape index (κ2) is 3.26.